The zero-order valence-corrected chi connectivity index (χ0v) is 19.8. The molecular formula is C32H19N5. The van der Waals surface area contributed by atoms with Crippen LogP contribution < -0.4 is 0 Å². The average molecular weight is 474 g/mol. The maximum absolute atomic E-state index is 5.14. The normalized spacial score (nSPS) is 16.0. The van der Waals surface area contributed by atoms with Crippen LogP contribution in [0.25, 0.3) is 56.0 Å². The first-order valence-corrected chi connectivity index (χ1v) is 12.3. The molecule has 5 heteroatoms. The average Bonchev–Trinajstić information content (AvgIpc) is 3.29. The minimum atomic E-state index is 0.320. The number of allylic oxidation sites excluding steroid dienone is 5. The van der Waals surface area contributed by atoms with Crippen LogP contribution in [-0.2, 0) is 6.42 Å². The van der Waals surface area contributed by atoms with Crippen LogP contribution in [0.4, 0.5) is 0 Å². The first-order chi connectivity index (χ1) is 18.3. The van der Waals surface area contributed by atoms with Gasteiger partial charge in [-0.2, -0.15) is 0 Å². The van der Waals surface area contributed by atoms with Gasteiger partial charge in [0.1, 0.15) is 11.2 Å². The molecule has 0 saturated carbocycles. The van der Waals surface area contributed by atoms with Crippen LogP contribution in [0.15, 0.2) is 97.0 Å². The zero-order valence-electron chi connectivity index (χ0n) is 19.8. The van der Waals surface area contributed by atoms with Gasteiger partial charge in [0.15, 0.2) is 11.5 Å². The highest BCUT2D eigenvalue weighted by atomic mass is 15.1. The molecule has 5 nitrogen and oxygen atoms in total. The Morgan fingerprint density at radius 2 is 1.92 bits per heavy atom. The minimum absolute atomic E-state index is 0.320. The Kier molecular flexibility index (Phi) is 4.20. The molecule has 4 heterocycles. The number of hydrogen-bond acceptors (Lipinski definition) is 4. The molecule has 0 bridgehead atoms. The Bertz CT molecular complexity index is 1960. The van der Waals surface area contributed by atoms with Crippen molar-refractivity contribution in [3.05, 3.63) is 120 Å². The highest BCUT2D eigenvalue weighted by Gasteiger charge is 2.29. The van der Waals surface area contributed by atoms with Crippen LogP contribution in [0, 0.1) is 18.1 Å². The van der Waals surface area contributed by atoms with E-state index < -0.39 is 0 Å². The third kappa shape index (κ3) is 3.00. The van der Waals surface area contributed by atoms with Gasteiger partial charge in [0.2, 0.25) is 0 Å². The number of benzene rings is 2. The van der Waals surface area contributed by atoms with E-state index in [2.05, 4.69) is 93.4 Å². The standard InChI is InChI=1S/C32H19N5/c1-2-9-22-18-28-26(17-21(22)8-1)25-14-13-20-7-3-4-11-24(20)30(25)37(28)32-29(23-10-5-15-33-19-23)35-27-12-6-16-34-31(27)36-32/h1-4,6-9,11-17,19,22H,18H2. The monoisotopic (exact) mass is 473 g/mol. The summed E-state index contributed by atoms with van der Waals surface area (Å²) in [5.74, 6) is 1.05. The number of rotatable bonds is 2. The molecule has 37 heavy (non-hydrogen) atoms. The summed E-state index contributed by atoms with van der Waals surface area (Å²) in [5.41, 5.74) is 7.73. The summed E-state index contributed by atoms with van der Waals surface area (Å²) >= 11 is 0. The number of pyridine rings is 1. The van der Waals surface area contributed by atoms with E-state index in [1.54, 1.807) is 18.6 Å². The highest BCUT2D eigenvalue weighted by molar-refractivity contribution is 6.10. The molecule has 1 unspecified atom stereocenters. The molecule has 0 N–H and O–H groups in total. The van der Waals surface area contributed by atoms with Crippen molar-refractivity contribution in [2.45, 2.75) is 6.42 Å². The van der Waals surface area contributed by atoms with Gasteiger partial charge in [0.05, 0.1) is 17.3 Å². The Balaban J connectivity index is 1.56. The van der Waals surface area contributed by atoms with Crippen molar-refractivity contribution < 1.29 is 0 Å². The van der Waals surface area contributed by atoms with Gasteiger partial charge in [-0.15, -0.1) is 0 Å². The van der Waals surface area contributed by atoms with Crippen LogP contribution in [-0.4, -0.2) is 24.5 Å². The Morgan fingerprint density at radius 1 is 0.946 bits per heavy atom. The van der Waals surface area contributed by atoms with E-state index in [0.29, 0.717) is 17.3 Å². The van der Waals surface area contributed by atoms with Gasteiger partial charge in [-0.25, -0.2) is 15.0 Å². The van der Waals surface area contributed by atoms with E-state index >= 15 is 0 Å². The maximum Gasteiger partial charge on any atom is 0.180 e. The molecule has 0 radical (unpaired) electrons. The first kappa shape index (κ1) is 20.1. The molecule has 2 aromatic carbocycles. The lowest BCUT2D eigenvalue weighted by molar-refractivity contribution is 0.723. The molecule has 8 rings (SSSR count). The number of aromatic nitrogens is 5. The van der Waals surface area contributed by atoms with Gasteiger partial charge in [0, 0.05) is 40.3 Å². The number of hydrogen-bond donors (Lipinski definition) is 0. The molecule has 2 aliphatic carbocycles. The van der Waals surface area contributed by atoms with E-state index in [1.807, 2.05) is 12.1 Å². The summed E-state index contributed by atoms with van der Waals surface area (Å²) in [7, 11) is 0. The summed E-state index contributed by atoms with van der Waals surface area (Å²) in [5, 5.41) is 3.57. The summed E-state index contributed by atoms with van der Waals surface area (Å²) < 4.78 is 2.31. The highest BCUT2D eigenvalue weighted by Crippen LogP contribution is 2.42. The minimum Gasteiger partial charge on any atom is -0.295 e. The number of fused-ring (bicyclic) bond motifs is 7. The topological polar surface area (TPSA) is 56.5 Å². The lowest BCUT2D eigenvalue weighted by Gasteiger charge is -2.24. The largest absolute Gasteiger partial charge is 0.295 e. The second-order valence-corrected chi connectivity index (χ2v) is 9.41. The molecule has 6 aromatic rings. The second kappa shape index (κ2) is 7.71. The van der Waals surface area contributed by atoms with E-state index in [0.717, 1.165) is 28.8 Å². The molecular weight excluding hydrogens is 454 g/mol. The predicted molar refractivity (Wildman–Crippen MR) is 146 cm³/mol. The molecule has 0 spiro atoms. The van der Waals surface area contributed by atoms with Crippen LogP contribution in [0.3, 0.4) is 0 Å². The summed E-state index contributed by atoms with van der Waals surface area (Å²) in [6.45, 7) is 0. The fraction of sp³-hybridized carbons (Fsp3) is 0.0625. The van der Waals surface area contributed by atoms with Gasteiger partial charge in [-0.05, 0) is 41.7 Å². The van der Waals surface area contributed by atoms with E-state index in [4.69, 9.17) is 9.97 Å². The van der Waals surface area contributed by atoms with Gasteiger partial charge in [0.25, 0.3) is 0 Å². The van der Waals surface area contributed by atoms with Crippen LogP contribution in [0.2, 0.25) is 0 Å². The SMILES string of the molecule is c1cncc(-c2nc3cccnc3nc2-n2c3c(c4ccc5ccccc5c42)C=C2C=CC=CC2C3)c#1. The molecule has 0 fully saturated rings. The van der Waals surface area contributed by atoms with E-state index in [1.165, 1.54) is 33.0 Å². The molecule has 2 aliphatic rings. The van der Waals surface area contributed by atoms with Crippen molar-refractivity contribution in [1.82, 2.24) is 24.5 Å². The van der Waals surface area contributed by atoms with Crippen LogP contribution in [0.1, 0.15) is 11.3 Å². The Labute approximate surface area is 213 Å². The third-order valence-electron chi connectivity index (χ3n) is 7.33. The number of nitrogens with zero attached hydrogens (tertiary/aromatic N) is 5. The predicted octanol–water partition coefficient (Wildman–Crippen LogP) is 6.47. The quantitative estimate of drug-likeness (QED) is 0.289. The van der Waals surface area contributed by atoms with Crippen molar-refractivity contribution >= 4 is 38.9 Å². The van der Waals surface area contributed by atoms with Gasteiger partial charge in [-0.1, -0.05) is 66.8 Å². The van der Waals surface area contributed by atoms with Crippen LogP contribution in [0.5, 0.6) is 0 Å². The zero-order chi connectivity index (χ0) is 24.3. The van der Waals surface area contributed by atoms with E-state index in [9.17, 15) is 0 Å². The molecule has 0 amide bonds. The van der Waals surface area contributed by atoms with Crippen molar-refractivity contribution in [1.29, 1.82) is 0 Å². The Morgan fingerprint density at radius 3 is 2.86 bits per heavy atom. The summed E-state index contributed by atoms with van der Waals surface area (Å²) in [6.07, 6.45) is 17.1. The second-order valence-electron chi connectivity index (χ2n) is 9.41. The smallest absolute Gasteiger partial charge is 0.180 e. The fourth-order valence-corrected chi connectivity index (χ4v) is 5.67. The maximum atomic E-state index is 5.14. The molecule has 0 aliphatic heterocycles. The molecule has 0 saturated heterocycles. The van der Waals surface area contributed by atoms with E-state index in [-0.39, 0.29) is 0 Å². The van der Waals surface area contributed by atoms with Crippen molar-refractivity contribution in [2.24, 2.45) is 5.92 Å². The third-order valence-corrected chi connectivity index (χ3v) is 7.33. The van der Waals surface area contributed by atoms with Gasteiger partial charge >= 0.3 is 0 Å². The summed E-state index contributed by atoms with van der Waals surface area (Å²) in [4.78, 5) is 19.0. The van der Waals surface area contributed by atoms with Crippen molar-refractivity contribution in [3.63, 3.8) is 0 Å². The first-order valence-electron chi connectivity index (χ1n) is 12.3. The molecule has 1 atom stereocenters. The Hall–Kier alpha value is -5.08. The molecule has 4 aromatic heterocycles. The van der Waals surface area contributed by atoms with Gasteiger partial charge < -0.3 is 0 Å². The molecule has 172 valence electrons. The van der Waals surface area contributed by atoms with Crippen molar-refractivity contribution in [3.8, 4) is 17.1 Å². The summed E-state index contributed by atoms with van der Waals surface area (Å²) in [6, 6.07) is 23.0. The van der Waals surface area contributed by atoms with Crippen LogP contribution >= 0.6 is 0 Å². The van der Waals surface area contributed by atoms with Crippen molar-refractivity contribution in [2.75, 3.05) is 0 Å². The lowest BCUT2D eigenvalue weighted by atomic mass is 9.83. The fourth-order valence-electron chi connectivity index (χ4n) is 5.67. The van der Waals surface area contributed by atoms with Gasteiger partial charge in [-0.3, -0.25) is 9.55 Å². The lowest BCUT2D eigenvalue weighted by Crippen LogP contribution is -2.15.